The third-order valence-corrected chi connectivity index (χ3v) is 3.20. The summed E-state index contributed by atoms with van der Waals surface area (Å²) >= 11 is 0. The standard InChI is InChI=1S/C18H30O8/c1-11(23-13(3)19)9-17(5,6)25-15(21)16(22)26-18(7,8)10-12(2)24-14(4)20/h11-12H,9-10H2,1-8H3. The van der Waals surface area contributed by atoms with Crippen molar-refractivity contribution in [2.24, 2.45) is 0 Å². The zero-order chi connectivity index (χ0) is 20.7. The van der Waals surface area contributed by atoms with Crippen molar-refractivity contribution >= 4 is 23.9 Å². The molecule has 2 atom stereocenters. The summed E-state index contributed by atoms with van der Waals surface area (Å²) in [5.41, 5.74) is -2.06. The summed E-state index contributed by atoms with van der Waals surface area (Å²) in [6, 6.07) is 0. The van der Waals surface area contributed by atoms with Gasteiger partial charge in [-0.05, 0) is 41.5 Å². The van der Waals surface area contributed by atoms with Crippen LogP contribution < -0.4 is 0 Å². The average molecular weight is 374 g/mol. The number of rotatable bonds is 8. The molecule has 0 rings (SSSR count). The first-order chi connectivity index (χ1) is 11.6. The van der Waals surface area contributed by atoms with E-state index in [1.807, 2.05) is 0 Å². The maximum absolute atomic E-state index is 12.0. The summed E-state index contributed by atoms with van der Waals surface area (Å²) < 4.78 is 20.3. The van der Waals surface area contributed by atoms with Gasteiger partial charge in [-0.2, -0.15) is 0 Å². The van der Waals surface area contributed by atoms with Crippen molar-refractivity contribution in [2.75, 3.05) is 0 Å². The summed E-state index contributed by atoms with van der Waals surface area (Å²) in [5.74, 6) is -3.16. The molecule has 0 saturated carbocycles. The highest BCUT2D eigenvalue weighted by molar-refractivity contribution is 6.29. The van der Waals surface area contributed by atoms with Crippen molar-refractivity contribution in [1.82, 2.24) is 0 Å². The van der Waals surface area contributed by atoms with E-state index in [4.69, 9.17) is 18.9 Å². The molecule has 0 fully saturated rings. The third-order valence-electron chi connectivity index (χ3n) is 3.20. The Morgan fingerprint density at radius 2 is 0.962 bits per heavy atom. The molecule has 0 aromatic rings. The Balaban J connectivity index is 4.67. The Hall–Kier alpha value is -2.12. The van der Waals surface area contributed by atoms with E-state index in [2.05, 4.69) is 0 Å². The molecule has 8 heteroatoms. The van der Waals surface area contributed by atoms with Crippen molar-refractivity contribution in [3.05, 3.63) is 0 Å². The van der Waals surface area contributed by atoms with Crippen LogP contribution in [0.1, 0.15) is 68.2 Å². The summed E-state index contributed by atoms with van der Waals surface area (Å²) in [4.78, 5) is 45.9. The van der Waals surface area contributed by atoms with Gasteiger partial charge in [0.15, 0.2) is 0 Å². The number of ether oxygens (including phenoxy) is 4. The quantitative estimate of drug-likeness (QED) is 0.362. The van der Waals surface area contributed by atoms with Gasteiger partial charge in [-0.25, -0.2) is 9.59 Å². The molecular formula is C18H30O8. The molecule has 0 aliphatic rings. The molecule has 2 unspecified atom stereocenters. The van der Waals surface area contributed by atoms with Gasteiger partial charge >= 0.3 is 23.9 Å². The normalized spacial score (nSPS) is 14.0. The Morgan fingerprint density at radius 3 is 1.19 bits per heavy atom. The van der Waals surface area contributed by atoms with Gasteiger partial charge in [-0.3, -0.25) is 9.59 Å². The molecule has 0 radical (unpaired) electrons. The molecule has 0 amide bonds. The molecule has 0 aliphatic heterocycles. The van der Waals surface area contributed by atoms with Gasteiger partial charge in [0.1, 0.15) is 23.4 Å². The van der Waals surface area contributed by atoms with E-state index in [0.717, 1.165) is 0 Å². The van der Waals surface area contributed by atoms with E-state index in [1.165, 1.54) is 13.8 Å². The molecular weight excluding hydrogens is 344 g/mol. The second-order valence-electron chi connectivity index (χ2n) is 7.55. The van der Waals surface area contributed by atoms with Gasteiger partial charge in [0.25, 0.3) is 0 Å². The van der Waals surface area contributed by atoms with Crippen LogP contribution in [0.5, 0.6) is 0 Å². The monoisotopic (exact) mass is 374 g/mol. The van der Waals surface area contributed by atoms with E-state index >= 15 is 0 Å². The maximum atomic E-state index is 12.0. The van der Waals surface area contributed by atoms with E-state index in [1.54, 1.807) is 41.5 Å². The molecule has 0 N–H and O–H groups in total. The first kappa shape index (κ1) is 23.9. The minimum Gasteiger partial charge on any atom is -0.463 e. The first-order valence-corrected chi connectivity index (χ1v) is 8.44. The predicted molar refractivity (Wildman–Crippen MR) is 92.0 cm³/mol. The van der Waals surface area contributed by atoms with Crippen LogP contribution in [0.25, 0.3) is 0 Å². The third kappa shape index (κ3) is 10.7. The fourth-order valence-electron chi connectivity index (χ4n) is 2.70. The highest BCUT2D eigenvalue weighted by atomic mass is 16.6. The summed E-state index contributed by atoms with van der Waals surface area (Å²) in [7, 11) is 0. The highest BCUT2D eigenvalue weighted by Gasteiger charge is 2.34. The molecule has 0 aromatic heterocycles. The number of esters is 4. The lowest BCUT2D eigenvalue weighted by atomic mass is 10.0. The molecule has 8 nitrogen and oxygen atoms in total. The summed E-state index contributed by atoms with van der Waals surface area (Å²) in [6.45, 7) is 12.3. The molecule has 0 aromatic carbocycles. The van der Waals surface area contributed by atoms with Crippen molar-refractivity contribution in [1.29, 1.82) is 0 Å². The largest absolute Gasteiger partial charge is 0.463 e. The lowest BCUT2D eigenvalue weighted by molar-refractivity contribution is -0.186. The van der Waals surface area contributed by atoms with Crippen molar-refractivity contribution in [2.45, 2.75) is 91.6 Å². The van der Waals surface area contributed by atoms with E-state index < -0.39 is 47.3 Å². The number of carbonyl (C=O) groups excluding carboxylic acids is 4. The molecule has 0 aliphatic carbocycles. The van der Waals surface area contributed by atoms with E-state index in [0.29, 0.717) is 0 Å². The number of carbonyl (C=O) groups is 4. The minimum atomic E-state index is -1.14. The van der Waals surface area contributed by atoms with Gasteiger partial charge in [0, 0.05) is 26.7 Å². The first-order valence-electron chi connectivity index (χ1n) is 8.44. The van der Waals surface area contributed by atoms with Crippen LogP contribution >= 0.6 is 0 Å². The lowest BCUT2D eigenvalue weighted by Gasteiger charge is -2.30. The molecule has 0 saturated heterocycles. The average Bonchev–Trinajstić information content (AvgIpc) is 2.32. The van der Waals surface area contributed by atoms with Crippen LogP contribution in [0.15, 0.2) is 0 Å². The molecule has 150 valence electrons. The number of hydrogen-bond acceptors (Lipinski definition) is 8. The predicted octanol–water partition coefficient (Wildman–Crippen LogP) is 2.31. The highest BCUT2D eigenvalue weighted by Crippen LogP contribution is 2.22. The maximum Gasteiger partial charge on any atom is 0.418 e. The lowest BCUT2D eigenvalue weighted by Crippen LogP contribution is -2.40. The van der Waals surface area contributed by atoms with Gasteiger partial charge in [0.2, 0.25) is 0 Å². The Labute approximate surface area is 154 Å². The van der Waals surface area contributed by atoms with Gasteiger partial charge < -0.3 is 18.9 Å². The van der Waals surface area contributed by atoms with Crippen molar-refractivity contribution < 1.29 is 38.1 Å². The molecule has 0 spiro atoms. The van der Waals surface area contributed by atoms with Crippen LogP contribution in [-0.4, -0.2) is 47.3 Å². The zero-order valence-corrected chi connectivity index (χ0v) is 16.8. The summed E-state index contributed by atoms with van der Waals surface area (Å²) in [6.07, 6.45) is -0.517. The van der Waals surface area contributed by atoms with Crippen LogP contribution in [0.3, 0.4) is 0 Å². The molecule has 0 bridgehead atoms. The fourth-order valence-corrected chi connectivity index (χ4v) is 2.70. The van der Waals surface area contributed by atoms with Crippen molar-refractivity contribution in [3.63, 3.8) is 0 Å². The van der Waals surface area contributed by atoms with Crippen LogP contribution in [-0.2, 0) is 38.1 Å². The number of hydrogen-bond donors (Lipinski definition) is 0. The van der Waals surface area contributed by atoms with Gasteiger partial charge in [-0.15, -0.1) is 0 Å². The van der Waals surface area contributed by atoms with Crippen LogP contribution in [0.4, 0.5) is 0 Å². The van der Waals surface area contributed by atoms with E-state index in [-0.39, 0.29) is 12.8 Å². The van der Waals surface area contributed by atoms with Crippen LogP contribution in [0, 0.1) is 0 Å². The Kier molecular flexibility index (Phi) is 8.76. The van der Waals surface area contributed by atoms with Gasteiger partial charge in [-0.1, -0.05) is 0 Å². The second-order valence-corrected chi connectivity index (χ2v) is 7.55. The zero-order valence-electron chi connectivity index (χ0n) is 16.8. The molecule has 0 heterocycles. The molecule has 26 heavy (non-hydrogen) atoms. The SMILES string of the molecule is CC(=O)OC(C)CC(C)(C)OC(=O)C(=O)OC(C)(C)CC(C)OC(C)=O. The van der Waals surface area contributed by atoms with E-state index in [9.17, 15) is 19.2 Å². The fraction of sp³-hybridized carbons (Fsp3) is 0.778. The van der Waals surface area contributed by atoms with Crippen LogP contribution in [0.2, 0.25) is 0 Å². The van der Waals surface area contributed by atoms with Gasteiger partial charge in [0.05, 0.1) is 0 Å². The Bertz CT molecular complexity index is 487. The topological polar surface area (TPSA) is 105 Å². The van der Waals surface area contributed by atoms with Crippen molar-refractivity contribution in [3.8, 4) is 0 Å². The Morgan fingerprint density at radius 1 is 0.692 bits per heavy atom. The summed E-state index contributed by atoms with van der Waals surface area (Å²) in [5, 5.41) is 0. The second kappa shape index (κ2) is 9.54. The minimum absolute atomic E-state index is 0.221. The smallest absolute Gasteiger partial charge is 0.418 e.